The fourth-order valence-corrected chi connectivity index (χ4v) is 4.22. The van der Waals surface area contributed by atoms with Crippen molar-refractivity contribution in [1.82, 2.24) is 20.4 Å². The predicted octanol–water partition coefficient (Wildman–Crippen LogP) is 2.00. The van der Waals surface area contributed by atoms with Gasteiger partial charge in [-0.2, -0.15) is 5.43 Å². The smallest absolute Gasteiger partial charge is 0.163 e. The number of anilines is 1. The van der Waals surface area contributed by atoms with Crippen LogP contribution in [0.25, 0.3) is 5.65 Å². The van der Waals surface area contributed by atoms with E-state index in [2.05, 4.69) is 16.0 Å². The van der Waals surface area contributed by atoms with E-state index in [9.17, 15) is 0 Å². The molecular weight excluding hydrogens is 266 g/mol. The number of fused-ring (bicyclic) bond motifs is 3. The molecule has 6 nitrogen and oxygen atoms in total. The highest BCUT2D eigenvalue weighted by Crippen LogP contribution is 2.49. The highest BCUT2D eigenvalue weighted by atomic mass is 16.7. The van der Waals surface area contributed by atoms with Crippen LogP contribution in [-0.4, -0.2) is 15.1 Å². The average Bonchev–Trinajstić information content (AvgIpc) is 3.13. The summed E-state index contributed by atoms with van der Waals surface area (Å²) in [5.41, 5.74) is 8.37. The van der Waals surface area contributed by atoms with Gasteiger partial charge in [0.1, 0.15) is 5.65 Å². The molecule has 1 saturated heterocycles. The molecular formula is C15H19N5O. The van der Waals surface area contributed by atoms with E-state index in [0.717, 1.165) is 23.7 Å². The molecule has 3 aliphatic carbocycles. The van der Waals surface area contributed by atoms with E-state index in [-0.39, 0.29) is 5.72 Å². The van der Waals surface area contributed by atoms with Gasteiger partial charge in [-0.25, -0.2) is 10.1 Å². The van der Waals surface area contributed by atoms with Crippen LogP contribution in [-0.2, 0) is 4.84 Å². The Morgan fingerprint density at radius 1 is 1.29 bits per heavy atom. The van der Waals surface area contributed by atoms with Crippen molar-refractivity contribution >= 4 is 11.3 Å². The van der Waals surface area contributed by atoms with Crippen molar-refractivity contribution in [2.45, 2.75) is 37.8 Å². The maximum absolute atomic E-state index is 6.01. The molecule has 0 unspecified atom stereocenters. The molecule has 2 bridgehead atoms. The lowest BCUT2D eigenvalue weighted by molar-refractivity contribution is -0.153. The number of aromatic nitrogens is 2. The predicted molar refractivity (Wildman–Crippen MR) is 77.8 cm³/mol. The second kappa shape index (κ2) is 4.19. The van der Waals surface area contributed by atoms with Gasteiger partial charge in [-0.15, -0.1) is 0 Å². The summed E-state index contributed by atoms with van der Waals surface area (Å²) >= 11 is 0. The Hall–Kier alpha value is -1.63. The molecule has 1 aliphatic heterocycles. The third-order valence-corrected chi connectivity index (χ3v) is 5.33. The first-order chi connectivity index (χ1) is 10.3. The molecule has 4 fully saturated rings. The zero-order valence-electron chi connectivity index (χ0n) is 11.8. The Bertz CT molecular complexity index is 645. The number of nitrogens with zero attached hydrogens (tertiary/aromatic N) is 3. The number of hydrogen-bond donors (Lipinski definition) is 2. The third kappa shape index (κ3) is 1.73. The van der Waals surface area contributed by atoms with Gasteiger partial charge in [-0.3, -0.25) is 4.84 Å². The molecule has 3 saturated carbocycles. The zero-order valence-corrected chi connectivity index (χ0v) is 11.8. The van der Waals surface area contributed by atoms with Crippen LogP contribution in [0.1, 0.15) is 32.1 Å². The van der Waals surface area contributed by atoms with E-state index in [4.69, 9.17) is 4.84 Å². The van der Waals surface area contributed by atoms with Crippen LogP contribution < -0.4 is 16.1 Å². The van der Waals surface area contributed by atoms with E-state index in [0.29, 0.717) is 5.92 Å². The van der Waals surface area contributed by atoms with E-state index in [1.807, 2.05) is 40.2 Å². The topological polar surface area (TPSA) is 53.8 Å². The molecule has 1 spiro atoms. The number of rotatable bonds is 1. The monoisotopic (exact) mass is 285 g/mol. The summed E-state index contributed by atoms with van der Waals surface area (Å²) in [6, 6.07) is 3.98. The van der Waals surface area contributed by atoms with Gasteiger partial charge in [-0.1, -0.05) is 5.59 Å². The molecule has 6 rings (SSSR count). The van der Waals surface area contributed by atoms with Gasteiger partial charge in [0.15, 0.2) is 5.72 Å². The lowest BCUT2D eigenvalue weighted by Gasteiger charge is -2.47. The molecule has 2 N–H and O–H groups in total. The first-order valence-corrected chi connectivity index (χ1v) is 7.77. The maximum atomic E-state index is 6.01. The second-order valence-electron chi connectivity index (χ2n) is 6.54. The van der Waals surface area contributed by atoms with E-state index >= 15 is 0 Å². The number of hydrogen-bond acceptors (Lipinski definition) is 5. The molecule has 21 heavy (non-hydrogen) atoms. The van der Waals surface area contributed by atoms with Crippen LogP contribution in [0.15, 0.2) is 30.7 Å². The van der Waals surface area contributed by atoms with Crippen LogP contribution >= 0.6 is 0 Å². The Balaban J connectivity index is 1.44. The van der Waals surface area contributed by atoms with Crippen molar-refractivity contribution in [3.05, 3.63) is 30.7 Å². The number of nitrogens with one attached hydrogen (secondary N) is 2. The normalized spacial score (nSPS) is 35.1. The van der Waals surface area contributed by atoms with Crippen LogP contribution in [0.5, 0.6) is 0 Å². The van der Waals surface area contributed by atoms with Crippen LogP contribution in [0.4, 0.5) is 5.69 Å². The Labute approximate surface area is 123 Å². The SMILES string of the molecule is c1cnc2cc(N3NO[C@]4(CC5CCC4CC5)N3)cn2c1. The van der Waals surface area contributed by atoms with E-state index in [1.54, 1.807) is 0 Å². The van der Waals surface area contributed by atoms with Crippen molar-refractivity contribution in [3.63, 3.8) is 0 Å². The van der Waals surface area contributed by atoms with Gasteiger partial charge in [0.25, 0.3) is 0 Å². The van der Waals surface area contributed by atoms with Crippen LogP contribution in [0.3, 0.4) is 0 Å². The molecule has 4 aliphatic rings. The standard InChI is InChI=1S/C15H19N5O/c1-6-16-14-8-13(10-19(14)7-1)20-17-15(21-18-20)9-11-2-4-12(15)5-3-11/h1,6-8,10-12,17-18H,2-5,9H2/t11?,12?,15-/m0/s1. The molecule has 2 aromatic heterocycles. The third-order valence-electron chi connectivity index (χ3n) is 5.33. The highest BCUT2D eigenvalue weighted by molar-refractivity contribution is 5.56. The highest BCUT2D eigenvalue weighted by Gasteiger charge is 2.53. The summed E-state index contributed by atoms with van der Waals surface area (Å²) in [4.78, 5) is 10.4. The van der Waals surface area contributed by atoms with Gasteiger partial charge >= 0.3 is 0 Å². The fraction of sp³-hybridized carbons (Fsp3) is 0.533. The summed E-state index contributed by atoms with van der Waals surface area (Å²) in [6.45, 7) is 0. The molecule has 110 valence electrons. The number of hydrazine groups is 2. The molecule has 0 amide bonds. The molecule has 6 heteroatoms. The van der Waals surface area contributed by atoms with Gasteiger partial charge < -0.3 is 4.40 Å². The first-order valence-electron chi connectivity index (χ1n) is 7.77. The van der Waals surface area contributed by atoms with Crippen molar-refractivity contribution in [1.29, 1.82) is 0 Å². The van der Waals surface area contributed by atoms with Crippen LogP contribution in [0.2, 0.25) is 0 Å². The Morgan fingerprint density at radius 2 is 2.19 bits per heavy atom. The second-order valence-corrected chi connectivity index (χ2v) is 6.54. The zero-order chi connectivity index (χ0) is 13.9. The quantitative estimate of drug-likeness (QED) is 0.839. The van der Waals surface area contributed by atoms with Gasteiger partial charge in [0.2, 0.25) is 0 Å². The Morgan fingerprint density at radius 3 is 2.95 bits per heavy atom. The summed E-state index contributed by atoms with van der Waals surface area (Å²) < 4.78 is 2.01. The molecule has 2 aromatic rings. The lowest BCUT2D eigenvalue weighted by atomic mass is 9.66. The minimum atomic E-state index is -0.220. The summed E-state index contributed by atoms with van der Waals surface area (Å²) in [5, 5.41) is 1.90. The van der Waals surface area contributed by atoms with Gasteiger partial charge in [0, 0.05) is 30.6 Å². The maximum Gasteiger partial charge on any atom is 0.163 e. The first kappa shape index (κ1) is 12.0. The van der Waals surface area contributed by atoms with Crippen molar-refractivity contribution < 1.29 is 4.84 Å². The van der Waals surface area contributed by atoms with Gasteiger partial charge in [-0.05, 0) is 44.1 Å². The minimum Gasteiger partial charge on any atom is -0.306 e. The summed E-state index contributed by atoms with van der Waals surface area (Å²) in [5.74, 6) is 1.41. The van der Waals surface area contributed by atoms with Gasteiger partial charge in [0.05, 0.1) is 5.69 Å². The summed E-state index contributed by atoms with van der Waals surface area (Å²) in [6.07, 6.45) is 12.2. The summed E-state index contributed by atoms with van der Waals surface area (Å²) in [7, 11) is 0. The average molecular weight is 285 g/mol. The van der Waals surface area contributed by atoms with Crippen molar-refractivity contribution in [3.8, 4) is 0 Å². The molecule has 1 atom stereocenters. The fourth-order valence-electron chi connectivity index (χ4n) is 4.22. The minimum absolute atomic E-state index is 0.220. The van der Waals surface area contributed by atoms with E-state index in [1.165, 1.54) is 25.7 Å². The molecule has 0 radical (unpaired) electrons. The largest absolute Gasteiger partial charge is 0.306 e. The molecule has 0 aromatic carbocycles. The van der Waals surface area contributed by atoms with Crippen molar-refractivity contribution in [2.75, 3.05) is 5.12 Å². The van der Waals surface area contributed by atoms with Crippen molar-refractivity contribution in [2.24, 2.45) is 11.8 Å². The van der Waals surface area contributed by atoms with E-state index < -0.39 is 0 Å². The molecule has 3 heterocycles. The lowest BCUT2D eigenvalue weighted by Crippen LogP contribution is -2.57. The van der Waals surface area contributed by atoms with Crippen LogP contribution in [0, 0.1) is 11.8 Å². The Kier molecular flexibility index (Phi) is 2.39.